The lowest BCUT2D eigenvalue weighted by Crippen LogP contribution is -2.12. The van der Waals surface area contributed by atoms with Gasteiger partial charge in [-0.1, -0.05) is 17.7 Å². The third-order valence-electron chi connectivity index (χ3n) is 3.92. The maximum atomic E-state index is 12.5. The SMILES string of the molecule is COC(=O)c1ccc2nc(C)cc(NC(=O)c3ccc(C)cc3)c2c1. The van der Waals surface area contributed by atoms with Gasteiger partial charge in [0.2, 0.25) is 0 Å². The highest BCUT2D eigenvalue weighted by Crippen LogP contribution is 2.25. The van der Waals surface area contributed by atoms with Gasteiger partial charge in [0.05, 0.1) is 23.9 Å². The largest absolute Gasteiger partial charge is 0.465 e. The van der Waals surface area contributed by atoms with E-state index < -0.39 is 5.97 Å². The van der Waals surface area contributed by atoms with Crippen molar-refractivity contribution in [2.45, 2.75) is 13.8 Å². The average Bonchev–Trinajstić information content (AvgIpc) is 2.61. The summed E-state index contributed by atoms with van der Waals surface area (Å²) in [5, 5.41) is 3.60. The molecule has 1 N–H and O–H groups in total. The monoisotopic (exact) mass is 334 g/mol. The van der Waals surface area contributed by atoms with E-state index in [2.05, 4.69) is 10.3 Å². The summed E-state index contributed by atoms with van der Waals surface area (Å²) in [6.45, 7) is 3.82. The van der Waals surface area contributed by atoms with Crippen molar-refractivity contribution < 1.29 is 14.3 Å². The van der Waals surface area contributed by atoms with Crippen molar-refractivity contribution in [1.29, 1.82) is 0 Å². The minimum absolute atomic E-state index is 0.213. The molecule has 0 unspecified atom stereocenters. The van der Waals surface area contributed by atoms with Crippen molar-refractivity contribution in [3.05, 3.63) is 70.9 Å². The van der Waals surface area contributed by atoms with E-state index in [9.17, 15) is 9.59 Å². The second-order valence-corrected chi connectivity index (χ2v) is 5.85. The molecule has 3 aromatic rings. The molecule has 0 radical (unpaired) electrons. The first-order chi connectivity index (χ1) is 12.0. The molecule has 2 aromatic carbocycles. The molecule has 0 saturated carbocycles. The van der Waals surface area contributed by atoms with Crippen molar-refractivity contribution in [3.63, 3.8) is 0 Å². The van der Waals surface area contributed by atoms with Gasteiger partial charge in [0.1, 0.15) is 0 Å². The number of aryl methyl sites for hydroxylation is 2. The van der Waals surface area contributed by atoms with Crippen LogP contribution in [0.25, 0.3) is 10.9 Å². The van der Waals surface area contributed by atoms with Gasteiger partial charge in [0, 0.05) is 16.6 Å². The van der Waals surface area contributed by atoms with E-state index in [1.807, 2.05) is 26.0 Å². The highest BCUT2D eigenvalue weighted by atomic mass is 16.5. The summed E-state index contributed by atoms with van der Waals surface area (Å²) in [7, 11) is 1.33. The number of carbonyl (C=O) groups excluding carboxylic acids is 2. The highest BCUT2D eigenvalue weighted by molar-refractivity contribution is 6.09. The van der Waals surface area contributed by atoms with Gasteiger partial charge in [-0.15, -0.1) is 0 Å². The molecule has 5 heteroatoms. The number of fused-ring (bicyclic) bond motifs is 1. The van der Waals surface area contributed by atoms with Crippen molar-refractivity contribution in [1.82, 2.24) is 4.98 Å². The average molecular weight is 334 g/mol. The molecule has 0 spiro atoms. The first kappa shape index (κ1) is 16.6. The number of rotatable bonds is 3. The molecular weight excluding hydrogens is 316 g/mol. The fourth-order valence-corrected chi connectivity index (χ4v) is 2.61. The minimum atomic E-state index is -0.432. The fraction of sp³-hybridized carbons (Fsp3) is 0.150. The van der Waals surface area contributed by atoms with Crippen LogP contribution in [-0.4, -0.2) is 24.0 Å². The minimum Gasteiger partial charge on any atom is -0.465 e. The van der Waals surface area contributed by atoms with Crippen LogP contribution < -0.4 is 5.32 Å². The molecule has 0 atom stereocenters. The summed E-state index contributed by atoms with van der Waals surface area (Å²) in [5.41, 5.74) is 4.15. The number of carbonyl (C=O) groups is 2. The molecule has 1 amide bonds. The number of hydrogen-bond acceptors (Lipinski definition) is 4. The Labute approximate surface area is 145 Å². The number of benzene rings is 2. The van der Waals surface area contributed by atoms with Crippen LogP contribution in [-0.2, 0) is 4.74 Å². The van der Waals surface area contributed by atoms with Gasteiger partial charge in [0.15, 0.2) is 0 Å². The number of ether oxygens (including phenoxy) is 1. The van der Waals surface area contributed by atoms with Crippen LogP contribution in [0.5, 0.6) is 0 Å². The maximum absolute atomic E-state index is 12.5. The summed E-state index contributed by atoms with van der Waals surface area (Å²) in [6.07, 6.45) is 0. The van der Waals surface area contributed by atoms with Gasteiger partial charge in [-0.2, -0.15) is 0 Å². The first-order valence-corrected chi connectivity index (χ1v) is 7.85. The Bertz CT molecular complexity index is 963. The Kier molecular flexibility index (Phi) is 4.48. The lowest BCUT2D eigenvalue weighted by atomic mass is 10.1. The number of aromatic nitrogens is 1. The normalized spacial score (nSPS) is 10.5. The summed E-state index contributed by atoms with van der Waals surface area (Å²) in [6, 6.07) is 14.2. The quantitative estimate of drug-likeness (QED) is 0.738. The van der Waals surface area contributed by atoms with E-state index >= 15 is 0 Å². The predicted octanol–water partition coefficient (Wildman–Crippen LogP) is 3.89. The van der Waals surface area contributed by atoms with E-state index in [1.165, 1.54) is 7.11 Å². The van der Waals surface area contributed by atoms with Crippen molar-refractivity contribution in [2.24, 2.45) is 0 Å². The Morgan fingerprint density at radius 3 is 2.32 bits per heavy atom. The molecule has 0 aliphatic heterocycles. The van der Waals surface area contributed by atoms with Crippen LogP contribution in [0, 0.1) is 13.8 Å². The third kappa shape index (κ3) is 3.50. The predicted molar refractivity (Wildman–Crippen MR) is 97.0 cm³/mol. The Balaban J connectivity index is 2.03. The molecular formula is C20H18N2O3. The van der Waals surface area contributed by atoms with Crippen LogP contribution in [0.1, 0.15) is 32.0 Å². The zero-order valence-corrected chi connectivity index (χ0v) is 14.3. The van der Waals surface area contributed by atoms with Gasteiger partial charge in [-0.3, -0.25) is 9.78 Å². The summed E-state index contributed by atoms with van der Waals surface area (Å²) in [4.78, 5) is 28.8. The molecule has 0 saturated heterocycles. The van der Waals surface area contributed by atoms with E-state index in [0.29, 0.717) is 27.7 Å². The second kappa shape index (κ2) is 6.73. The van der Waals surface area contributed by atoms with Gasteiger partial charge in [0.25, 0.3) is 5.91 Å². The van der Waals surface area contributed by atoms with Gasteiger partial charge in [-0.25, -0.2) is 4.79 Å². The van der Waals surface area contributed by atoms with Crippen molar-refractivity contribution >= 4 is 28.5 Å². The molecule has 0 aliphatic carbocycles. The topological polar surface area (TPSA) is 68.3 Å². The highest BCUT2D eigenvalue weighted by Gasteiger charge is 2.13. The van der Waals surface area contributed by atoms with Crippen molar-refractivity contribution in [2.75, 3.05) is 12.4 Å². The van der Waals surface area contributed by atoms with Crippen LogP contribution in [0.4, 0.5) is 5.69 Å². The van der Waals surface area contributed by atoms with E-state index in [0.717, 1.165) is 11.3 Å². The van der Waals surface area contributed by atoms with Gasteiger partial charge < -0.3 is 10.1 Å². The number of esters is 1. The van der Waals surface area contributed by atoms with E-state index in [-0.39, 0.29) is 5.91 Å². The fourth-order valence-electron chi connectivity index (χ4n) is 2.61. The Morgan fingerprint density at radius 1 is 0.960 bits per heavy atom. The molecule has 1 aromatic heterocycles. The molecule has 3 rings (SSSR count). The van der Waals surface area contributed by atoms with Gasteiger partial charge >= 0.3 is 5.97 Å². The van der Waals surface area contributed by atoms with Crippen LogP contribution in [0.2, 0.25) is 0 Å². The number of hydrogen-bond donors (Lipinski definition) is 1. The first-order valence-electron chi connectivity index (χ1n) is 7.85. The molecule has 5 nitrogen and oxygen atoms in total. The lowest BCUT2D eigenvalue weighted by molar-refractivity contribution is 0.0601. The lowest BCUT2D eigenvalue weighted by Gasteiger charge is -2.11. The number of anilines is 1. The zero-order chi connectivity index (χ0) is 18.0. The van der Waals surface area contributed by atoms with Crippen LogP contribution in [0.3, 0.4) is 0 Å². The number of amides is 1. The van der Waals surface area contributed by atoms with Crippen molar-refractivity contribution in [3.8, 4) is 0 Å². The van der Waals surface area contributed by atoms with Crippen LogP contribution in [0.15, 0.2) is 48.5 Å². The van der Waals surface area contributed by atoms with Gasteiger partial charge in [-0.05, 0) is 50.2 Å². The zero-order valence-electron chi connectivity index (χ0n) is 14.3. The molecule has 0 bridgehead atoms. The summed E-state index contributed by atoms with van der Waals surface area (Å²) < 4.78 is 4.76. The summed E-state index contributed by atoms with van der Waals surface area (Å²) >= 11 is 0. The number of methoxy groups -OCH3 is 1. The standard InChI is InChI=1S/C20H18N2O3/c1-12-4-6-14(7-5-12)19(23)22-18-10-13(2)21-17-9-8-15(11-16(17)18)20(24)25-3/h4-11H,1-3H3,(H,21,22,23). The second-order valence-electron chi connectivity index (χ2n) is 5.85. The number of nitrogens with zero attached hydrogens (tertiary/aromatic N) is 1. The molecule has 0 aliphatic rings. The molecule has 1 heterocycles. The Morgan fingerprint density at radius 2 is 1.64 bits per heavy atom. The molecule has 25 heavy (non-hydrogen) atoms. The third-order valence-corrected chi connectivity index (χ3v) is 3.92. The van der Waals surface area contributed by atoms with Crippen LogP contribution >= 0.6 is 0 Å². The number of nitrogens with one attached hydrogen (secondary N) is 1. The van der Waals surface area contributed by atoms with E-state index in [1.54, 1.807) is 36.4 Å². The number of pyridine rings is 1. The maximum Gasteiger partial charge on any atom is 0.337 e. The Hall–Kier alpha value is -3.21. The molecule has 126 valence electrons. The molecule has 0 fully saturated rings. The summed E-state index contributed by atoms with van der Waals surface area (Å²) in [5.74, 6) is -0.645. The smallest absolute Gasteiger partial charge is 0.337 e. The van der Waals surface area contributed by atoms with E-state index in [4.69, 9.17) is 4.74 Å².